The molecule has 10 nitrogen and oxygen atoms in total. The maximum atomic E-state index is 13.8. The van der Waals surface area contributed by atoms with Crippen LogP contribution in [0.4, 0.5) is 4.79 Å². The minimum atomic E-state index is -4.01. The second kappa shape index (κ2) is 16.6. The number of aryl methyl sites for hydroxylation is 1. The van der Waals surface area contributed by atoms with Crippen molar-refractivity contribution in [2.45, 2.75) is 82.3 Å². The largest absolute Gasteiger partial charge is 0.444 e. The van der Waals surface area contributed by atoms with Crippen LogP contribution in [0.3, 0.4) is 0 Å². The van der Waals surface area contributed by atoms with E-state index in [1.165, 1.54) is 0 Å². The summed E-state index contributed by atoms with van der Waals surface area (Å²) in [6.07, 6.45) is 4.63. The minimum Gasteiger partial charge on any atom is -0.444 e. The molecular weight excluding hydrogens is 578 g/mol. The molecule has 240 valence electrons. The predicted octanol–water partition coefficient (Wildman–Crippen LogP) is 4.14. The lowest BCUT2D eigenvalue weighted by molar-refractivity contribution is -0.134. The molecule has 1 saturated heterocycles. The molecule has 0 aliphatic carbocycles. The molecule has 0 aromatic heterocycles. The maximum Gasteiger partial charge on any atom is 0.407 e. The lowest BCUT2D eigenvalue weighted by Gasteiger charge is -2.34. The van der Waals surface area contributed by atoms with Gasteiger partial charge in [-0.3, -0.25) is 4.79 Å². The number of hydrogen-bond acceptors (Lipinski definition) is 7. The third-order valence-electron chi connectivity index (χ3n) is 7.59. The molecule has 1 aliphatic rings. The highest BCUT2D eigenvalue weighted by Crippen LogP contribution is 2.22. The van der Waals surface area contributed by atoms with Crippen LogP contribution in [-0.4, -0.2) is 70.2 Å². The van der Waals surface area contributed by atoms with E-state index < -0.39 is 27.8 Å². The van der Waals surface area contributed by atoms with Gasteiger partial charge in [0.05, 0.1) is 16.5 Å². The van der Waals surface area contributed by atoms with E-state index in [-0.39, 0.29) is 17.2 Å². The van der Waals surface area contributed by atoms with Gasteiger partial charge in [-0.1, -0.05) is 24.3 Å². The monoisotopic (exact) mass is 625 g/mol. The number of piperidine rings is 1. The van der Waals surface area contributed by atoms with Gasteiger partial charge in [0, 0.05) is 19.6 Å². The van der Waals surface area contributed by atoms with Crippen LogP contribution in [0.2, 0.25) is 0 Å². The van der Waals surface area contributed by atoms with Gasteiger partial charge in [0.1, 0.15) is 11.6 Å². The molecule has 1 aliphatic heterocycles. The molecule has 3 N–H and O–H groups in total. The molecule has 44 heavy (non-hydrogen) atoms. The Kier molecular flexibility index (Phi) is 13.2. The first-order chi connectivity index (χ1) is 20.9. The van der Waals surface area contributed by atoms with Gasteiger partial charge >= 0.3 is 6.09 Å². The van der Waals surface area contributed by atoms with Crippen molar-refractivity contribution in [3.05, 3.63) is 65.2 Å². The number of nitriles is 1. The summed E-state index contributed by atoms with van der Waals surface area (Å²) in [5.74, 6) is 0.0387. The standard InChI is InChI=1S/C33H47N5O5S/c1-33(2,3)43-32(40)36-18-14-25-15-19-38(20-16-25)31(39)30(23-27-11-7-12-28(21-27)24-34)37-44(41,42)29-13-8-10-26(22-29)9-5-6-17-35-4/h7-8,10-13,21-22,25,30,35,37H,5-6,9,14-20,23H2,1-4H3,(H,36,40)/t30-/m0/s1. The molecule has 2 aromatic carbocycles. The van der Waals surface area contributed by atoms with Gasteiger partial charge in [0.15, 0.2) is 0 Å². The van der Waals surface area contributed by atoms with Crippen molar-refractivity contribution >= 4 is 22.0 Å². The molecule has 0 radical (unpaired) electrons. The summed E-state index contributed by atoms with van der Waals surface area (Å²) < 4.78 is 35.2. The summed E-state index contributed by atoms with van der Waals surface area (Å²) in [7, 11) is -2.10. The predicted molar refractivity (Wildman–Crippen MR) is 170 cm³/mol. The zero-order valence-electron chi connectivity index (χ0n) is 26.4. The average molecular weight is 626 g/mol. The van der Waals surface area contributed by atoms with Crippen LogP contribution in [0.25, 0.3) is 0 Å². The highest BCUT2D eigenvalue weighted by Gasteiger charge is 2.32. The van der Waals surface area contributed by atoms with E-state index in [9.17, 15) is 23.3 Å². The minimum absolute atomic E-state index is 0.122. The Morgan fingerprint density at radius 3 is 2.43 bits per heavy atom. The summed E-state index contributed by atoms with van der Waals surface area (Å²) in [5.41, 5.74) is 1.52. The number of alkyl carbamates (subject to hydrolysis) is 1. The summed E-state index contributed by atoms with van der Waals surface area (Å²) in [6.45, 7) is 7.83. The number of sulfonamides is 1. The molecule has 0 saturated carbocycles. The third kappa shape index (κ3) is 11.6. The lowest BCUT2D eigenvalue weighted by atomic mass is 9.93. The topological polar surface area (TPSA) is 141 Å². The first-order valence-corrected chi connectivity index (χ1v) is 16.9. The van der Waals surface area contributed by atoms with Gasteiger partial charge in [-0.2, -0.15) is 9.98 Å². The van der Waals surface area contributed by atoms with Crippen molar-refractivity contribution in [3.63, 3.8) is 0 Å². The van der Waals surface area contributed by atoms with Crippen LogP contribution in [-0.2, 0) is 32.4 Å². The van der Waals surface area contributed by atoms with Gasteiger partial charge in [-0.15, -0.1) is 0 Å². The van der Waals surface area contributed by atoms with Crippen LogP contribution in [0.1, 0.15) is 69.6 Å². The first-order valence-electron chi connectivity index (χ1n) is 15.4. The Hall–Kier alpha value is -3.46. The number of unbranched alkanes of at least 4 members (excludes halogenated alkanes) is 1. The third-order valence-corrected chi connectivity index (χ3v) is 9.06. The average Bonchev–Trinajstić information content (AvgIpc) is 2.98. The van der Waals surface area contributed by atoms with E-state index in [4.69, 9.17) is 4.74 Å². The fourth-order valence-corrected chi connectivity index (χ4v) is 6.55. The molecule has 0 unspecified atom stereocenters. The Balaban J connectivity index is 1.68. The molecule has 11 heteroatoms. The molecule has 1 atom stereocenters. The van der Waals surface area contributed by atoms with Crippen molar-refractivity contribution in [2.75, 3.05) is 33.2 Å². The summed E-state index contributed by atoms with van der Waals surface area (Å²) >= 11 is 0. The number of hydrogen-bond donors (Lipinski definition) is 3. The number of amides is 2. The zero-order valence-corrected chi connectivity index (χ0v) is 27.2. The molecule has 1 fully saturated rings. The fraction of sp³-hybridized carbons (Fsp3) is 0.545. The van der Waals surface area contributed by atoms with Crippen LogP contribution < -0.4 is 15.4 Å². The molecule has 2 amide bonds. The number of likely N-dealkylation sites (tertiary alicyclic amines) is 1. The number of nitrogens with one attached hydrogen (secondary N) is 3. The Labute approximate surface area is 262 Å². The number of carbonyl (C=O) groups excluding carboxylic acids is 2. The molecule has 3 rings (SSSR count). The van der Waals surface area contributed by atoms with Crippen LogP contribution in [0.5, 0.6) is 0 Å². The Morgan fingerprint density at radius 1 is 1.05 bits per heavy atom. The second-order valence-corrected chi connectivity index (χ2v) is 14.1. The van der Waals surface area contributed by atoms with Gasteiger partial charge in [0.25, 0.3) is 0 Å². The molecule has 2 aromatic rings. The number of benzene rings is 2. The van der Waals surface area contributed by atoms with Crippen molar-refractivity contribution < 1.29 is 22.7 Å². The molecule has 0 spiro atoms. The van der Waals surface area contributed by atoms with E-state index >= 15 is 0 Å². The van der Waals surface area contributed by atoms with E-state index in [1.54, 1.807) is 47.4 Å². The SMILES string of the molecule is CNCCCCc1cccc(S(=O)(=O)N[C@@H](Cc2cccc(C#N)c2)C(=O)N2CCC(CCNC(=O)OC(C)(C)C)CC2)c1. The van der Waals surface area contributed by atoms with Crippen molar-refractivity contribution in [2.24, 2.45) is 5.92 Å². The van der Waals surface area contributed by atoms with Crippen LogP contribution in [0.15, 0.2) is 53.4 Å². The zero-order chi connectivity index (χ0) is 32.2. The van der Waals surface area contributed by atoms with Gasteiger partial charge in [-0.25, -0.2) is 13.2 Å². The highest BCUT2D eigenvalue weighted by atomic mass is 32.2. The highest BCUT2D eigenvalue weighted by molar-refractivity contribution is 7.89. The fourth-order valence-electron chi connectivity index (χ4n) is 5.29. The first kappa shape index (κ1) is 35.0. The molecule has 1 heterocycles. The van der Waals surface area contributed by atoms with Crippen LogP contribution in [0, 0.1) is 17.2 Å². The van der Waals surface area contributed by atoms with E-state index in [0.29, 0.717) is 36.7 Å². The number of carbonyl (C=O) groups is 2. The number of ether oxygens (including phenoxy) is 1. The van der Waals surface area contributed by atoms with E-state index in [2.05, 4.69) is 21.4 Å². The van der Waals surface area contributed by atoms with Crippen LogP contribution >= 0.6 is 0 Å². The van der Waals surface area contributed by atoms with Gasteiger partial charge in [0.2, 0.25) is 15.9 Å². The molecule has 0 bridgehead atoms. The summed E-state index contributed by atoms with van der Waals surface area (Å²) in [6, 6.07) is 14.8. The number of nitrogens with zero attached hydrogens (tertiary/aromatic N) is 2. The second-order valence-electron chi connectivity index (χ2n) is 12.4. The summed E-state index contributed by atoms with van der Waals surface area (Å²) in [4.78, 5) is 27.6. The summed E-state index contributed by atoms with van der Waals surface area (Å²) in [5, 5.41) is 15.3. The van der Waals surface area contributed by atoms with Gasteiger partial charge in [-0.05, 0) is 121 Å². The smallest absolute Gasteiger partial charge is 0.407 e. The quantitative estimate of drug-likeness (QED) is 0.268. The lowest BCUT2D eigenvalue weighted by Crippen LogP contribution is -2.51. The van der Waals surface area contributed by atoms with Crippen molar-refractivity contribution in [3.8, 4) is 6.07 Å². The van der Waals surface area contributed by atoms with Crippen molar-refractivity contribution in [1.29, 1.82) is 5.26 Å². The van der Waals surface area contributed by atoms with E-state index in [1.807, 2.05) is 33.9 Å². The Bertz CT molecular complexity index is 1390. The Morgan fingerprint density at radius 2 is 1.75 bits per heavy atom. The molecular formula is C33H47N5O5S. The normalized spacial score (nSPS) is 14.9. The van der Waals surface area contributed by atoms with Gasteiger partial charge < -0.3 is 20.3 Å². The van der Waals surface area contributed by atoms with E-state index in [0.717, 1.165) is 50.6 Å². The maximum absolute atomic E-state index is 13.8. The number of rotatable bonds is 14. The van der Waals surface area contributed by atoms with Crippen molar-refractivity contribution in [1.82, 2.24) is 20.3 Å².